The standard InChI is InChI=1S/C24H17ClF3N5O2/c25-16-4-1-2-5-17(16)30-18(12-21(29)24(26,27)28)14-7-9-15(10-8-14)23(34)31-22-13-19(32-33-22)20-6-3-11-35-20/h1-13H,29H2,(H2,31,32,33,34). The van der Waals surface area contributed by atoms with Crippen molar-refractivity contribution in [3.05, 3.63) is 101 Å². The van der Waals surface area contributed by atoms with Gasteiger partial charge in [-0.2, -0.15) is 18.3 Å². The average molecular weight is 500 g/mol. The zero-order valence-electron chi connectivity index (χ0n) is 17.8. The first-order valence-electron chi connectivity index (χ1n) is 10.1. The number of hydrogen-bond acceptors (Lipinski definition) is 5. The Labute approximate surface area is 202 Å². The minimum Gasteiger partial charge on any atom is -0.463 e. The van der Waals surface area contributed by atoms with Crippen LogP contribution in [-0.2, 0) is 0 Å². The second kappa shape index (κ2) is 9.90. The number of alkyl halides is 3. The molecule has 178 valence electrons. The van der Waals surface area contributed by atoms with Crippen LogP contribution in [0.4, 0.5) is 24.7 Å². The Morgan fingerprint density at radius 1 is 1.09 bits per heavy atom. The van der Waals surface area contributed by atoms with E-state index in [0.717, 1.165) is 6.08 Å². The topological polar surface area (TPSA) is 109 Å². The van der Waals surface area contributed by atoms with Crippen molar-refractivity contribution in [3.8, 4) is 11.5 Å². The molecule has 0 spiro atoms. The van der Waals surface area contributed by atoms with Crippen LogP contribution in [-0.4, -0.2) is 28.0 Å². The van der Waals surface area contributed by atoms with Crippen LogP contribution in [0.25, 0.3) is 11.5 Å². The van der Waals surface area contributed by atoms with Crippen molar-refractivity contribution in [2.75, 3.05) is 5.32 Å². The second-order valence-electron chi connectivity index (χ2n) is 7.22. The lowest BCUT2D eigenvalue weighted by molar-refractivity contribution is -0.0925. The lowest BCUT2D eigenvalue weighted by Crippen LogP contribution is -2.21. The number of rotatable bonds is 6. The van der Waals surface area contributed by atoms with Gasteiger partial charge in [-0.05, 0) is 42.5 Å². The lowest BCUT2D eigenvalue weighted by atomic mass is 10.1. The molecule has 0 bridgehead atoms. The van der Waals surface area contributed by atoms with Crippen LogP contribution in [0.2, 0.25) is 5.02 Å². The number of H-pyrrole nitrogens is 1. The molecule has 2 heterocycles. The number of anilines is 1. The molecule has 7 nitrogen and oxygen atoms in total. The van der Waals surface area contributed by atoms with Gasteiger partial charge in [0.05, 0.1) is 22.7 Å². The summed E-state index contributed by atoms with van der Waals surface area (Å²) in [5.41, 5.74) is 5.22. The van der Waals surface area contributed by atoms with E-state index in [-0.39, 0.29) is 27.8 Å². The van der Waals surface area contributed by atoms with Crippen molar-refractivity contribution in [1.29, 1.82) is 0 Å². The molecule has 2 aromatic heterocycles. The molecule has 1 amide bonds. The normalized spacial score (nSPS) is 12.6. The van der Waals surface area contributed by atoms with Crippen molar-refractivity contribution >= 4 is 34.7 Å². The first-order chi connectivity index (χ1) is 16.7. The Bertz CT molecular complexity index is 1390. The number of nitrogens with two attached hydrogens (primary N) is 1. The highest BCUT2D eigenvalue weighted by Crippen LogP contribution is 2.27. The Morgan fingerprint density at radius 2 is 1.80 bits per heavy atom. The number of aliphatic imine (C=N–C) groups is 1. The van der Waals surface area contributed by atoms with Crippen molar-refractivity contribution in [3.63, 3.8) is 0 Å². The highest BCUT2D eigenvalue weighted by atomic mass is 35.5. The number of nitrogens with zero attached hydrogens (tertiary/aromatic N) is 2. The number of nitrogens with one attached hydrogen (secondary N) is 2. The highest BCUT2D eigenvalue weighted by Gasteiger charge is 2.31. The van der Waals surface area contributed by atoms with Gasteiger partial charge in [0, 0.05) is 17.2 Å². The largest absolute Gasteiger partial charge is 0.463 e. The number of hydrogen-bond donors (Lipinski definition) is 3. The van der Waals surface area contributed by atoms with E-state index in [2.05, 4.69) is 20.5 Å². The molecule has 0 aliphatic carbocycles. The van der Waals surface area contributed by atoms with Crippen LogP contribution < -0.4 is 11.1 Å². The number of para-hydroxylation sites is 1. The Balaban J connectivity index is 1.58. The van der Waals surface area contributed by atoms with Gasteiger partial charge in [0.2, 0.25) is 0 Å². The number of aromatic nitrogens is 2. The van der Waals surface area contributed by atoms with E-state index in [0.29, 0.717) is 17.0 Å². The number of furan rings is 1. The SMILES string of the molecule is NC(=CC(=Nc1ccccc1Cl)c1ccc(C(=O)Nc2cc(-c3ccco3)[nH]n2)cc1)C(F)(F)F. The molecule has 2 aromatic carbocycles. The molecule has 0 fully saturated rings. The summed E-state index contributed by atoms with van der Waals surface area (Å²) in [7, 11) is 0. The van der Waals surface area contributed by atoms with Crippen molar-refractivity contribution < 1.29 is 22.4 Å². The van der Waals surface area contributed by atoms with Gasteiger partial charge in [-0.1, -0.05) is 35.9 Å². The van der Waals surface area contributed by atoms with Crippen molar-refractivity contribution in [1.82, 2.24) is 10.2 Å². The van der Waals surface area contributed by atoms with E-state index in [1.54, 1.807) is 42.5 Å². The van der Waals surface area contributed by atoms with Crippen LogP contribution in [0.3, 0.4) is 0 Å². The number of aromatic amines is 1. The summed E-state index contributed by atoms with van der Waals surface area (Å²) >= 11 is 6.11. The van der Waals surface area contributed by atoms with Crippen LogP contribution >= 0.6 is 11.6 Å². The molecular weight excluding hydrogens is 483 g/mol. The fraction of sp³-hybridized carbons (Fsp3) is 0.0417. The molecule has 0 saturated heterocycles. The molecule has 4 aromatic rings. The van der Waals surface area contributed by atoms with E-state index in [9.17, 15) is 18.0 Å². The molecule has 4 N–H and O–H groups in total. The lowest BCUT2D eigenvalue weighted by Gasteiger charge is -2.10. The van der Waals surface area contributed by atoms with Crippen LogP contribution in [0, 0.1) is 0 Å². The van der Waals surface area contributed by atoms with Gasteiger partial charge < -0.3 is 15.5 Å². The first-order valence-corrected chi connectivity index (χ1v) is 10.5. The first kappa shape index (κ1) is 23.8. The summed E-state index contributed by atoms with van der Waals surface area (Å²) in [6.07, 6.45) is -2.51. The summed E-state index contributed by atoms with van der Waals surface area (Å²) in [6.45, 7) is 0. The Hall–Kier alpha value is -4.31. The summed E-state index contributed by atoms with van der Waals surface area (Å²) < 4.78 is 44.5. The van der Waals surface area contributed by atoms with Gasteiger partial charge in [0.15, 0.2) is 11.6 Å². The third-order valence-corrected chi connectivity index (χ3v) is 5.08. The van der Waals surface area contributed by atoms with Crippen LogP contribution in [0.15, 0.2) is 94.2 Å². The maximum absolute atomic E-state index is 13.1. The summed E-state index contributed by atoms with van der Waals surface area (Å²) in [4.78, 5) is 16.9. The highest BCUT2D eigenvalue weighted by molar-refractivity contribution is 6.33. The molecule has 0 unspecified atom stereocenters. The number of carbonyl (C=O) groups excluding carboxylic acids is 1. The Kier molecular flexibility index (Phi) is 6.74. The zero-order chi connectivity index (χ0) is 25.0. The van der Waals surface area contributed by atoms with Gasteiger partial charge in [-0.15, -0.1) is 0 Å². The Morgan fingerprint density at radius 3 is 2.46 bits per heavy atom. The molecule has 0 atom stereocenters. The predicted octanol–water partition coefficient (Wildman–Crippen LogP) is 6.10. The maximum atomic E-state index is 13.1. The monoisotopic (exact) mass is 499 g/mol. The summed E-state index contributed by atoms with van der Waals surface area (Å²) in [5.74, 6) is 0.357. The van der Waals surface area contributed by atoms with Gasteiger partial charge in [0.1, 0.15) is 11.4 Å². The number of amides is 1. The molecule has 0 saturated carbocycles. The smallest absolute Gasteiger partial charge is 0.430 e. The molecule has 0 radical (unpaired) electrons. The predicted molar refractivity (Wildman–Crippen MR) is 127 cm³/mol. The maximum Gasteiger partial charge on any atom is 0.430 e. The third-order valence-electron chi connectivity index (χ3n) is 4.76. The average Bonchev–Trinajstić information content (AvgIpc) is 3.51. The number of allylic oxidation sites excluding steroid dienone is 2. The number of carbonyl (C=O) groups is 1. The van der Waals surface area contributed by atoms with E-state index in [1.807, 2.05) is 0 Å². The van der Waals surface area contributed by atoms with E-state index in [1.165, 1.54) is 30.5 Å². The van der Waals surface area contributed by atoms with E-state index >= 15 is 0 Å². The van der Waals surface area contributed by atoms with E-state index in [4.69, 9.17) is 21.8 Å². The molecule has 0 aliphatic rings. The third kappa shape index (κ3) is 5.79. The van der Waals surface area contributed by atoms with Gasteiger partial charge in [-0.3, -0.25) is 9.89 Å². The number of halogens is 4. The van der Waals surface area contributed by atoms with Crippen LogP contribution in [0.1, 0.15) is 15.9 Å². The van der Waals surface area contributed by atoms with Gasteiger partial charge in [0.25, 0.3) is 5.91 Å². The molecule has 0 aliphatic heterocycles. The zero-order valence-corrected chi connectivity index (χ0v) is 18.6. The van der Waals surface area contributed by atoms with Gasteiger partial charge in [-0.25, -0.2) is 4.99 Å². The second-order valence-corrected chi connectivity index (χ2v) is 7.63. The molecule has 4 rings (SSSR count). The molecule has 35 heavy (non-hydrogen) atoms. The summed E-state index contributed by atoms with van der Waals surface area (Å²) in [6, 6.07) is 17.3. The molecular formula is C24H17ClF3N5O2. The van der Waals surface area contributed by atoms with Crippen molar-refractivity contribution in [2.45, 2.75) is 6.18 Å². The van der Waals surface area contributed by atoms with Crippen molar-refractivity contribution in [2.24, 2.45) is 10.7 Å². The molecule has 11 heteroatoms. The minimum atomic E-state index is -4.74. The fourth-order valence-electron chi connectivity index (χ4n) is 3.01. The minimum absolute atomic E-state index is 0.0738. The quantitative estimate of drug-likeness (QED) is 0.278. The summed E-state index contributed by atoms with van der Waals surface area (Å²) in [5, 5.41) is 9.66. The van der Waals surface area contributed by atoms with Crippen LogP contribution in [0.5, 0.6) is 0 Å². The van der Waals surface area contributed by atoms with Gasteiger partial charge >= 0.3 is 6.18 Å². The number of benzene rings is 2. The van der Waals surface area contributed by atoms with E-state index < -0.39 is 17.8 Å². The fourth-order valence-corrected chi connectivity index (χ4v) is 3.18.